The standard InChI is InChI=1S/C24H29NO5/c1-24(2,3)30-23(28)25-19(15-10-13-17-11-6-5-7-12-17)22(27)21(26)18-14-8-9-16-20(18)29-4/h5-14,16,19,22,27H,15H2,1-4H3,(H,25,28)/b13-10+/t19-,22+/m0/s1. The third kappa shape index (κ3) is 7.04. The molecule has 1 amide bonds. The summed E-state index contributed by atoms with van der Waals surface area (Å²) in [5, 5.41) is 13.4. The fourth-order valence-corrected chi connectivity index (χ4v) is 2.83. The Morgan fingerprint density at radius 3 is 2.33 bits per heavy atom. The number of hydrogen-bond acceptors (Lipinski definition) is 5. The number of amides is 1. The number of methoxy groups -OCH3 is 1. The molecule has 0 fully saturated rings. The van der Waals surface area contributed by atoms with Crippen molar-refractivity contribution in [2.45, 2.75) is 44.9 Å². The largest absolute Gasteiger partial charge is 0.496 e. The number of hydrogen-bond donors (Lipinski definition) is 2. The first-order valence-corrected chi connectivity index (χ1v) is 9.77. The molecule has 0 heterocycles. The van der Waals surface area contributed by atoms with Crippen LogP contribution in [0.4, 0.5) is 4.79 Å². The zero-order valence-corrected chi connectivity index (χ0v) is 17.8. The van der Waals surface area contributed by atoms with Crippen LogP contribution < -0.4 is 10.1 Å². The molecule has 2 atom stereocenters. The van der Waals surface area contributed by atoms with Crippen LogP contribution in [0.15, 0.2) is 60.7 Å². The lowest BCUT2D eigenvalue weighted by Gasteiger charge is -2.25. The van der Waals surface area contributed by atoms with E-state index in [2.05, 4.69) is 5.32 Å². The molecule has 160 valence electrons. The quantitative estimate of drug-likeness (QED) is 0.635. The molecule has 6 heteroatoms. The highest BCUT2D eigenvalue weighted by Crippen LogP contribution is 2.21. The minimum Gasteiger partial charge on any atom is -0.496 e. The number of Topliss-reactive ketones (excluding diaryl/α,β-unsaturated/α-hetero) is 1. The topological polar surface area (TPSA) is 84.9 Å². The fourth-order valence-electron chi connectivity index (χ4n) is 2.83. The van der Waals surface area contributed by atoms with Gasteiger partial charge in [0, 0.05) is 0 Å². The minimum atomic E-state index is -1.48. The Morgan fingerprint density at radius 2 is 1.70 bits per heavy atom. The van der Waals surface area contributed by atoms with Gasteiger partial charge in [-0.25, -0.2) is 4.79 Å². The molecular formula is C24H29NO5. The number of benzene rings is 2. The second-order valence-electron chi connectivity index (χ2n) is 7.81. The van der Waals surface area contributed by atoms with Crippen molar-refractivity contribution in [2.75, 3.05) is 7.11 Å². The Balaban J connectivity index is 2.21. The molecule has 2 aromatic carbocycles. The molecule has 0 aliphatic carbocycles. The summed E-state index contributed by atoms with van der Waals surface area (Å²) in [6, 6.07) is 15.4. The maximum Gasteiger partial charge on any atom is 0.407 e. The predicted molar refractivity (Wildman–Crippen MR) is 117 cm³/mol. The Bertz CT molecular complexity index is 871. The van der Waals surface area contributed by atoms with Crippen molar-refractivity contribution in [3.63, 3.8) is 0 Å². The van der Waals surface area contributed by atoms with Crippen molar-refractivity contribution in [2.24, 2.45) is 0 Å². The van der Waals surface area contributed by atoms with Crippen molar-refractivity contribution in [3.8, 4) is 5.75 Å². The van der Waals surface area contributed by atoms with Crippen molar-refractivity contribution in [1.82, 2.24) is 5.32 Å². The zero-order chi connectivity index (χ0) is 22.1. The third-order valence-corrected chi connectivity index (χ3v) is 4.22. The molecule has 0 bridgehead atoms. The maximum absolute atomic E-state index is 12.9. The average molecular weight is 411 g/mol. The highest BCUT2D eigenvalue weighted by molar-refractivity contribution is 6.02. The van der Waals surface area contributed by atoms with E-state index in [0.717, 1.165) is 5.56 Å². The van der Waals surface area contributed by atoms with E-state index in [-0.39, 0.29) is 12.0 Å². The lowest BCUT2D eigenvalue weighted by atomic mass is 9.97. The van der Waals surface area contributed by atoms with Crippen LogP contribution in [-0.2, 0) is 4.74 Å². The van der Waals surface area contributed by atoms with Gasteiger partial charge < -0.3 is 19.9 Å². The molecule has 0 aliphatic heterocycles. The first kappa shape index (κ1) is 23.2. The molecule has 2 rings (SSSR count). The maximum atomic E-state index is 12.9. The molecule has 0 saturated heterocycles. The number of ether oxygens (including phenoxy) is 2. The number of para-hydroxylation sites is 1. The molecule has 0 unspecified atom stereocenters. The van der Waals surface area contributed by atoms with E-state index in [1.54, 1.807) is 51.1 Å². The summed E-state index contributed by atoms with van der Waals surface area (Å²) in [7, 11) is 1.46. The molecule has 2 aromatic rings. The molecule has 0 spiro atoms. The van der Waals surface area contributed by atoms with E-state index >= 15 is 0 Å². The summed E-state index contributed by atoms with van der Waals surface area (Å²) in [6.07, 6.45) is 1.72. The number of carbonyl (C=O) groups excluding carboxylic acids is 2. The summed E-state index contributed by atoms with van der Waals surface area (Å²) in [6.45, 7) is 5.23. The van der Waals surface area contributed by atoms with E-state index in [1.165, 1.54) is 7.11 Å². The van der Waals surface area contributed by atoms with E-state index in [9.17, 15) is 14.7 Å². The van der Waals surface area contributed by atoms with Gasteiger partial charge in [0.1, 0.15) is 17.5 Å². The Labute approximate surface area is 177 Å². The van der Waals surface area contributed by atoms with Gasteiger partial charge in [0.25, 0.3) is 0 Å². The minimum absolute atomic E-state index is 0.232. The molecule has 2 N–H and O–H groups in total. The monoisotopic (exact) mass is 411 g/mol. The van der Waals surface area contributed by atoms with Crippen molar-refractivity contribution in [1.29, 1.82) is 0 Å². The highest BCUT2D eigenvalue weighted by Gasteiger charge is 2.30. The third-order valence-electron chi connectivity index (χ3n) is 4.22. The van der Waals surface area contributed by atoms with Crippen LogP contribution >= 0.6 is 0 Å². The Hall–Kier alpha value is -3.12. The summed E-state index contributed by atoms with van der Waals surface area (Å²) in [4.78, 5) is 25.2. The van der Waals surface area contributed by atoms with Crippen LogP contribution in [0.3, 0.4) is 0 Å². The van der Waals surface area contributed by atoms with Gasteiger partial charge in [-0.3, -0.25) is 4.79 Å². The molecule has 0 aromatic heterocycles. The van der Waals surface area contributed by atoms with Crippen molar-refractivity contribution in [3.05, 3.63) is 71.8 Å². The van der Waals surface area contributed by atoms with Gasteiger partial charge in [0.15, 0.2) is 5.78 Å². The number of rotatable bonds is 8. The van der Waals surface area contributed by atoms with Gasteiger partial charge in [-0.15, -0.1) is 0 Å². The summed E-state index contributed by atoms with van der Waals surface area (Å²) in [5.41, 5.74) is 0.515. The normalized spacial score (nSPS) is 13.5. The van der Waals surface area contributed by atoms with Crippen LogP contribution in [0.25, 0.3) is 6.08 Å². The van der Waals surface area contributed by atoms with E-state index in [4.69, 9.17) is 9.47 Å². The van der Waals surface area contributed by atoms with Gasteiger partial charge >= 0.3 is 6.09 Å². The van der Waals surface area contributed by atoms with E-state index in [0.29, 0.717) is 5.75 Å². The lowest BCUT2D eigenvalue weighted by molar-refractivity contribution is 0.0411. The van der Waals surface area contributed by atoms with Crippen molar-refractivity contribution >= 4 is 18.0 Å². The van der Waals surface area contributed by atoms with Gasteiger partial charge in [0.05, 0.1) is 18.7 Å². The molecule has 0 aliphatic rings. The SMILES string of the molecule is COc1ccccc1C(=O)[C@H](O)[C@H](C/C=C/c1ccccc1)NC(=O)OC(C)(C)C. The molecule has 30 heavy (non-hydrogen) atoms. The lowest BCUT2D eigenvalue weighted by Crippen LogP contribution is -2.48. The van der Waals surface area contributed by atoms with Gasteiger partial charge in [-0.2, -0.15) is 0 Å². The van der Waals surface area contributed by atoms with Crippen molar-refractivity contribution < 1.29 is 24.2 Å². The Kier molecular flexibility index (Phi) is 8.18. The van der Waals surface area contributed by atoms with E-state index < -0.39 is 29.6 Å². The van der Waals surface area contributed by atoms with Crippen LogP contribution in [-0.4, -0.2) is 41.8 Å². The zero-order valence-electron chi connectivity index (χ0n) is 17.8. The fraction of sp³-hybridized carbons (Fsp3) is 0.333. The number of ketones is 1. The molecule has 6 nitrogen and oxygen atoms in total. The van der Waals surface area contributed by atoms with Crippen LogP contribution in [0.2, 0.25) is 0 Å². The van der Waals surface area contributed by atoms with Gasteiger partial charge in [-0.1, -0.05) is 54.6 Å². The van der Waals surface area contributed by atoms with Crippen LogP contribution in [0.5, 0.6) is 5.75 Å². The van der Waals surface area contributed by atoms with Crippen LogP contribution in [0.1, 0.15) is 43.1 Å². The Morgan fingerprint density at radius 1 is 1.07 bits per heavy atom. The molecule has 0 saturated carbocycles. The summed E-state index contributed by atoms with van der Waals surface area (Å²) >= 11 is 0. The first-order valence-electron chi connectivity index (χ1n) is 9.77. The summed E-state index contributed by atoms with van der Waals surface area (Å²) in [5.74, 6) is -0.181. The van der Waals surface area contributed by atoms with E-state index in [1.807, 2.05) is 36.4 Å². The van der Waals surface area contributed by atoms with Gasteiger partial charge in [-0.05, 0) is 44.9 Å². The molecule has 0 radical (unpaired) electrons. The molecular weight excluding hydrogens is 382 g/mol. The highest BCUT2D eigenvalue weighted by atomic mass is 16.6. The number of nitrogens with one attached hydrogen (secondary N) is 1. The van der Waals surface area contributed by atoms with Gasteiger partial charge in [0.2, 0.25) is 0 Å². The number of aliphatic hydroxyl groups is 1. The number of alkyl carbamates (subject to hydrolysis) is 1. The average Bonchev–Trinajstić information content (AvgIpc) is 2.71. The predicted octanol–water partition coefficient (Wildman–Crippen LogP) is 4.24. The smallest absolute Gasteiger partial charge is 0.407 e. The second-order valence-corrected chi connectivity index (χ2v) is 7.81. The summed E-state index contributed by atoms with van der Waals surface area (Å²) < 4.78 is 10.5. The number of aliphatic hydroxyl groups excluding tert-OH is 1. The first-order chi connectivity index (χ1) is 14.2. The van der Waals surface area contributed by atoms with Crippen LogP contribution in [0, 0.1) is 0 Å². The number of carbonyl (C=O) groups is 2. The second kappa shape index (κ2) is 10.6.